The summed E-state index contributed by atoms with van der Waals surface area (Å²) >= 11 is 1.36. The number of ketones is 1. The van der Waals surface area contributed by atoms with Gasteiger partial charge in [0, 0.05) is 36.2 Å². The van der Waals surface area contributed by atoms with Gasteiger partial charge in [0.15, 0.2) is 16.8 Å². The molecule has 0 spiro atoms. The van der Waals surface area contributed by atoms with Gasteiger partial charge < -0.3 is 9.30 Å². The molecule has 0 radical (unpaired) electrons. The van der Waals surface area contributed by atoms with Crippen molar-refractivity contribution in [3.05, 3.63) is 89.0 Å². The molecule has 4 aromatic rings. The number of benzene rings is 2. The molecule has 176 valence electrons. The van der Waals surface area contributed by atoms with Gasteiger partial charge in [-0.05, 0) is 49.7 Å². The summed E-state index contributed by atoms with van der Waals surface area (Å²) in [6, 6.07) is 18.1. The minimum atomic E-state index is -0.304. The molecule has 8 heteroatoms. The van der Waals surface area contributed by atoms with E-state index in [4.69, 9.17) is 4.74 Å². The highest BCUT2D eigenvalue weighted by molar-refractivity contribution is 7.99. The second-order valence-electron chi connectivity index (χ2n) is 8.03. The third-order valence-corrected chi connectivity index (χ3v) is 6.69. The van der Waals surface area contributed by atoms with Gasteiger partial charge in [0.2, 0.25) is 0 Å². The van der Waals surface area contributed by atoms with Crippen LogP contribution in [-0.2, 0) is 17.8 Å². The number of Topliss-reactive ketones (excluding diaryl/α,β-unsaturated/α-hetero) is 1. The molecule has 0 aliphatic heterocycles. The minimum absolute atomic E-state index is 0.0411. The first-order valence-electron chi connectivity index (χ1n) is 11.0. The maximum atomic E-state index is 13.5. The van der Waals surface area contributed by atoms with Gasteiger partial charge in [-0.15, -0.1) is 10.2 Å². The van der Waals surface area contributed by atoms with Gasteiger partial charge in [0.25, 0.3) is 0 Å². The van der Waals surface area contributed by atoms with Crippen molar-refractivity contribution in [1.82, 2.24) is 19.3 Å². The lowest BCUT2D eigenvalue weighted by molar-refractivity contribution is 0.102. The van der Waals surface area contributed by atoms with Gasteiger partial charge in [-0.1, -0.05) is 42.1 Å². The molecule has 0 fully saturated rings. The van der Waals surface area contributed by atoms with E-state index in [1.54, 1.807) is 19.2 Å². The topological polar surface area (TPSA) is 61.9 Å². The summed E-state index contributed by atoms with van der Waals surface area (Å²) in [4.78, 5) is 13.1. The Bertz CT molecular complexity index is 1270. The number of rotatable bonds is 10. The maximum Gasteiger partial charge on any atom is 0.192 e. The van der Waals surface area contributed by atoms with Crippen LogP contribution >= 0.6 is 11.8 Å². The fraction of sp³-hybridized carbons (Fsp3) is 0.269. The highest BCUT2D eigenvalue weighted by atomic mass is 32.2. The van der Waals surface area contributed by atoms with Crippen LogP contribution in [0, 0.1) is 19.7 Å². The van der Waals surface area contributed by atoms with Crippen molar-refractivity contribution in [1.29, 1.82) is 0 Å². The zero-order valence-electron chi connectivity index (χ0n) is 19.5. The van der Waals surface area contributed by atoms with E-state index in [-0.39, 0.29) is 17.4 Å². The predicted octanol–water partition coefficient (Wildman–Crippen LogP) is 5.17. The van der Waals surface area contributed by atoms with E-state index < -0.39 is 0 Å². The minimum Gasteiger partial charge on any atom is -0.383 e. The Labute approximate surface area is 202 Å². The second kappa shape index (κ2) is 10.8. The van der Waals surface area contributed by atoms with E-state index in [2.05, 4.69) is 14.8 Å². The molecular formula is C26H27FN4O2S. The lowest BCUT2D eigenvalue weighted by Crippen LogP contribution is -2.10. The lowest BCUT2D eigenvalue weighted by Gasteiger charge is -2.11. The van der Waals surface area contributed by atoms with Crippen molar-refractivity contribution in [2.75, 3.05) is 19.5 Å². The molecule has 34 heavy (non-hydrogen) atoms. The number of ether oxygens (including phenoxy) is 1. The van der Waals surface area contributed by atoms with Crippen molar-refractivity contribution in [2.45, 2.75) is 32.1 Å². The van der Waals surface area contributed by atoms with Crippen molar-refractivity contribution < 1.29 is 13.9 Å². The number of hydrogen-bond donors (Lipinski definition) is 0. The molecule has 0 N–H and O–H groups in total. The molecule has 0 aliphatic rings. The number of thioether (sulfide) groups is 1. The molecule has 2 aromatic heterocycles. The Morgan fingerprint density at radius 2 is 1.76 bits per heavy atom. The summed E-state index contributed by atoms with van der Waals surface area (Å²) in [6.07, 6.45) is 0. The van der Waals surface area contributed by atoms with E-state index >= 15 is 0 Å². The first kappa shape index (κ1) is 23.9. The number of carbonyl (C=O) groups is 1. The summed E-state index contributed by atoms with van der Waals surface area (Å²) in [5.41, 5.74) is 4.55. The Hall–Kier alpha value is -3.23. The van der Waals surface area contributed by atoms with E-state index in [0.717, 1.165) is 22.5 Å². The van der Waals surface area contributed by atoms with Crippen LogP contribution in [0.1, 0.15) is 27.3 Å². The van der Waals surface area contributed by atoms with E-state index in [1.807, 2.05) is 54.8 Å². The fourth-order valence-corrected chi connectivity index (χ4v) is 4.76. The highest BCUT2D eigenvalue weighted by Crippen LogP contribution is 2.27. The van der Waals surface area contributed by atoms with Gasteiger partial charge in [0.1, 0.15) is 5.82 Å². The van der Waals surface area contributed by atoms with Crippen LogP contribution in [0.25, 0.3) is 11.4 Å². The SMILES string of the molecule is COCCn1c(C)cc(C(=O)CSc2nnc(-c3ccc(F)cc3)n2Cc2ccccc2)c1C. The first-order valence-corrected chi connectivity index (χ1v) is 12.0. The van der Waals surface area contributed by atoms with Crippen molar-refractivity contribution in [3.63, 3.8) is 0 Å². The molecule has 0 saturated carbocycles. The molecule has 0 saturated heterocycles. The monoisotopic (exact) mass is 478 g/mol. The summed E-state index contributed by atoms with van der Waals surface area (Å²) in [7, 11) is 1.67. The molecule has 0 aliphatic carbocycles. The normalized spacial score (nSPS) is 11.2. The quantitative estimate of drug-likeness (QED) is 0.232. The smallest absolute Gasteiger partial charge is 0.192 e. The zero-order valence-corrected chi connectivity index (χ0v) is 20.3. The number of aryl methyl sites for hydroxylation is 1. The second-order valence-corrected chi connectivity index (χ2v) is 8.97. The molecule has 6 nitrogen and oxygen atoms in total. The average molecular weight is 479 g/mol. The van der Waals surface area contributed by atoms with Crippen LogP contribution in [0.4, 0.5) is 4.39 Å². The molecule has 4 rings (SSSR count). The van der Waals surface area contributed by atoms with Crippen molar-refractivity contribution in [3.8, 4) is 11.4 Å². The number of hydrogen-bond acceptors (Lipinski definition) is 5. The Balaban J connectivity index is 1.58. The third-order valence-electron chi connectivity index (χ3n) is 5.73. The van der Waals surface area contributed by atoms with Crippen LogP contribution in [0.2, 0.25) is 0 Å². The summed E-state index contributed by atoms with van der Waals surface area (Å²) in [5, 5.41) is 9.39. The van der Waals surface area contributed by atoms with E-state index in [9.17, 15) is 9.18 Å². The number of methoxy groups -OCH3 is 1. The third kappa shape index (κ3) is 5.29. The molecule has 2 heterocycles. The maximum absolute atomic E-state index is 13.5. The first-order chi connectivity index (χ1) is 16.5. The van der Waals surface area contributed by atoms with E-state index in [0.29, 0.717) is 36.2 Å². The molecule has 0 atom stereocenters. The Morgan fingerprint density at radius 1 is 1.03 bits per heavy atom. The molecule has 0 bridgehead atoms. The number of aromatic nitrogens is 4. The average Bonchev–Trinajstić information content (AvgIpc) is 3.37. The number of halogens is 1. The Kier molecular flexibility index (Phi) is 7.59. The lowest BCUT2D eigenvalue weighted by atomic mass is 10.2. The molecule has 0 amide bonds. The van der Waals surface area contributed by atoms with Gasteiger partial charge in [0.05, 0.1) is 18.9 Å². The van der Waals surface area contributed by atoms with Gasteiger partial charge in [-0.2, -0.15) is 0 Å². The summed E-state index contributed by atoms with van der Waals surface area (Å²) in [5.74, 6) is 0.613. The molecular weight excluding hydrogens is 451 g/mol. The zero-order chi connectivity index (χ0) is 24.1. The van der Waals surface area contributed by atoms with Crippen LogP contribution in [0.5, 0.6) is 0 Å². The van der Waals surface area contributed by atoms with Crippen molar-refractivity contribution >= 4 is 17.5 Å². The van der Waals surface area contributed by atoms with Gasteiger partial charge in [-0.25, -0.2) is 4.39 Å². The van der Waals surface area contributed by atoms with Crippen LogP contribution in [-0.4, -0.2) is 44.6 Å². The van der Waals surface area contributed by atoms with Crippen molar-refractivity contribution in [2.24, 2.45) is 0 Å². The summed E-state index contributed by atoms with van der Waals surface area (Å²) < 4.78 is 22.7. The van der Waals surface area contributed by atoms with Gasteiger partial charge in [-0.3, -0.25) is 9.36 Å². The van der Waals surface area contributed by atoms with Gasteiger partial charge >= 0.3 is 0 Å². The largest absolute Gasteiger partial charge is 0.383 e. The van der Waals surface area contributed by atoms with Crippen LogP contribution < -0.4 is 0 Å². The molecule has 2 aromatic carbocycles. The highest BCUT2D eigenvalue weighted by Gasteiger charge is 2.19. The molecule has 0 unspecified atom stereocenters. The standard InChI is InChI=1S/C26H27FN4O2S/c1-18-15-23(19(2)30(18)13-14-33-3)24(32)17-34-26-29-28-25(21-9-11-22(27)12-10-21)31(26)16-20-7-5-4-6-8-20/h4-12,15H,13-14,16-17H2,1-3H3. The summed E-state index contributed by atoms with van der Waals surface area (Å²) in [6.45, 7) is 5.81. The Morgan fingerprint density at radius 3 is 2.47 bits per heavy atom. The van der Waals surface area contributed by atoms with Crippen LogP contribution in [0.15, 0.2) is 65.8 Å². The fourth-order valence-electron chi connectivity index (χ4n) is 3.93. The number of carbonyl (C=O) groups excluding carboxylic acids is 1. The number of nitrogens with zero attached hydrogens (tertiary/aromatic N) is 4. The predicted molar refractivity (Wildman–Crippen MR) is 132 cm³/mol. The van der Waals surface area contributed by atoms with E-state index in [1.165, 1.54) is 23.9 Å². The van der Waals surface area contributed by atoms with Crippen LogP contribution in [0.3, 0.4) is 0 Å².